The van der Waals surface area contributed by atoms with Gasteiger partial charge >= 0.3 is 0 Å². The summed E-state index contributed by atoms with van der Waals surface area (Å²) in [5.74, 6) is -1.02. The van der Waals surface area contributed by atoms with Gasteiger partial charge in [0.25, 0.3) is 0 Å². The number of nitriles is 1. The van der Waals surface area contributed by atoms with Crippen molar-refractivity contribution in [3.8, 4) is 6.07 Å². The van der Waals surface area contributed by atoms with Crippen LogP contribution in [0.25, 0.3) is 5.76 Å². The quantitative estimate of drug-likeness (QED) is 0.916. The van der Waals surface area contributed by atoms with Crippen LogP contribution in [0.1, 0.15) is 24.0 Å². The number of carbonyl (C=O) groups is 1. The predicted molar refractivity (Wildman–Crippen MR) is 97.1 cm³/mol. The molecule has 0 saturated heterocycles. The molecule has 5 heteroatoms. The molecule has 0 radical (unpaired) electrons. The van der Waals surface area contributed by atoms with E-state index in [0.29, 0.717) is 11.1 Å². The molecule has 3 rings (SSSR count). The predicted octanol–water partition coefficient (Wildman–Crippen LogP) is 3.47. The monoisotopic (exact) mass is 346 g/mol. The molecule has 1 aliphatic rings. The fraction of sp³-hybridized carbons (Fsp3) is 0.143. The van der Waals surface area contributed by atoms with Crippen LogP contribution in [0.3, 0.4) is 0 Å². The number of benzene rings is 2. The molecule has 2 N–H and O–H groups in total. The Balaban J connectivity index is 2.23. The van der Waals surface area contributed by atoms with Gasteiger partial charge < -0.3 is 15.2 Å². The largest absolute Gasteiger partial charge is 0.487 e. The Morgan fingerprint density at radius 3 is 2.31 bits per heavy atom. The maximum absolute atomic E-state index is 13.3. The zero-order chi connectivity index (χ0) is 18.5. The van der Waals surface area contributed by atoms with E-state index in [1.165, 1.54) is 0 Å². The van der Waals surface area contributed by atoms with E-state index in [1.54, 1.807) is 31.2 Å². The van der Waals surface area contributed by atoms with E-state index < -0.39 is 5.92 Å². The molecule has 0 aliphatic carbocycles. The zero-order valence-electron chi connectivity index (χ0n) is 14.3. The summed E-state index contributed by atoms with van der Waals surface area (Å²) in [6.07, 6.45) is 0. The summed E-state index contributed by atoms with van der Waals surface area (Å²) in [4.78, 5) is 13.3. The van der Waals surface area contributed by atoms with E-state index in [9.17, 15) is 10.1 Å². The number of ether oxygens (including phenoxy) is 2. The molecule has 0 saturated carbocycles. The summed E-state index contributed by atoms with van der Waals surface area (Å²) in [6, 6.07) is 20.1. The van der Waals surface area contributed by atoms with Crippen molar-refractivity contribution in [2.24, 2.45) is 5.73 Å². The average molecular weight is 346 g/mol. The number of Topliss-reactive ketones (excluding diaryl/α,β-unsaturated/α-hetero) is 1. The van der Waals surface area contributed by atoms with Gasteiger partial charge in [0, 0.05) is 5.56 Å². The van der Waals surface area contributed by atoms with Crippen molar-refractivity contribution in [2.75, 3.05) is 6.61 Å². The van der Waals surface area contributed by atoms with E-state index in [1.807, 2.05) is 42.5 Å². The minimum Gasteiger partial charge on any atom is -0.487 e. The van der Waals surface area contributed by atoms with E-state index in [0.717, 1.165) is 0 Å². The number of nitrogens with two attached hydrogens (primary N) is 1. The molecule has 26 heavy (non-hydrogen) atoms. The van der Waals surface area contributed by atoms with Gasteiger partial charge in [-0.2, -0.15) is 5.26 Å². The Morgan fingerprint density at radius 2 is 1.73 bits per heavy atom. The van der Waals surface area contributed by atoms with E-state index in [4.69, 9.17) is 15.2 Å². The maximum atomic E-state index is 13.3. The first-order valence-corrected chi connectivity index (χ1v) is 8.26. The number of nitrogens with zero attached hydrogens (tertiary/aromatic N) is 1. The van der Waals surface area contributed by atoms with Gasteiger partial charge in [-0.3, -0.25) is 4.79 Å². The first kappa shape index (κ1) is 17.3. The lowest BCUT2D eigenvalue weighted by Crippen LogP contribution is -2.19. The normalized spacial score (nSPS) is 17.4. The van der Waals surface area contributed by atoms with E-state index >= 15 is 0 Å². The van der Waals surface area contributed by atoms with Crippen molar-refractivity contribution in [1.29, 1.82) is 5.26 Å². The van der Waals surface area contributed by atoms with Crippen LogP contribution in [-0.4, -0.2) is 12.4 Å². The van der Waals surface area contributed by atoms with Crippen LogP contribution in [0.2, 0.25) is 0 Å². The lowest BCUT2D eigenvalue weighted by atomic mass is 9.87. The summed E-state index contributed by atoms with van der Waals surface area (Å²) in [5, 5.41) is 9.63. The summed E-state index contributed by atoms with van der Waals surface area (Å²) in [7, 11) is 0. The number of hydrogen-bond acceptors (Lipinski definition) is 5. The average Bonchev–Trinajstić information content (AvgIpc) is 2.79. The summed E-state index contributed by atoms with van der Waals surface area (Å²) in [6.45, 7) is 2.07. The van der Waals surface area contributed by atoms with Gasteiger partial charge in [-0.15, -0.1) is 0 Å². The fourth-order valence-electron chi connectivity index (χ4n) is 2.87. The first-order chi connectivity index (χ1) is 12.7. The maximum Gasteiger partial charge on any atom is 0.214 e. The highest BCUT2D eigenvalue weighted by Crippen LogP contribution is 2.37. The van der Waals surface area contributed by atoms with Gasteiger partial charge in [-0.05, 0) is 12.5 Å². The second kappa shape index (κ2) is 7.58. The second-order valence-corrected chi connectivity index (χ2v) is 5.66. The van der Waals surface area contributed by atoms with Crippen molar-refractivity contribution in [2.45, 2.75) is 12.8 Å². The molecule has 2 aromatic rings. The van der Waals surface area contributed by atoms with Crippen molar-refractivity contribution in [3.63, 3.8) is 0 Å². The second-order valence-electron chi connectivity index (χ2n) is 5.66. The molecule has 0 amide bonds. The molecule has 1 unspecified atom stereocenters. The third-order valence-electron chi connectivity index (χ3n) is 4.04. The Bertz CT molecular complexity index is 909. The van der Waals surface area contributed by atoms with Crippen molar-refractivity contribution < 1.29 is 14.3 Å². The van der Waals surface area contributed by atoms with Gasteiger partial charge in [-0.1, -0.05) is 60.7 Å². The number of ketones is 1. The Kier molecular flexibility index (Phi) is 5.04. The summed E-state index contributed by atoms with van der Waals surface area (Å²) < 4.78 is 11.4. The molecule has 0 spiro atoms. The fourth-order valence-corrected chi connectivity index (χ4v) is 2.87. The van der Waals surface area contributed by atoms with Gasteiger partial charge in [-0.25, -0.2) is 0 Å². The van der Waals surface area contributed by atoms with Crippen LogP contribution in [0, 0.1) is 11.3 Å². The van der Waals surface area contributed by atoms with E-state index in [2.05, 4.69) is 0 Å². The molecule has 1 heterocycles. The molecule has 0 bridgehead atoms. The van der Waals surface area contributed by atoms with Crippen LogP contribution in [-0.2, 0) is 14.3 Å². The van der Waals surface area contributed by atoms with Crippen LogP contribution in [0.15, 0.2) is 77.9 Å². The van der Waals surface area contributed by atoms with Crippen molar-refractivity contribution in [1.82, 2.24) is 0 Å². The molecular formula is C21H18N2O3. The van der Waals surface area contributed by atoms with E-state index in [-0.39, 0.29) is 35.4 Å². The number of hydrogen-bond donors (Lipinski definition) is 1. The number of allylic oxidation sites excluding steroid dienone is 2. The van der Waals surface area contributed by atoms with Crippen molar-refractivity contribution >= 4 is 11.5 Å². The highest BCUT2D eigenvalue weighted by molar-refractivity contribution is 6.06. The smallest absolute Gasteiger partial charge is 0.214 e. The zero-order valence-corrected chi connectivity index (χ0v) is 14.3. The minimum absolute atomic E-state index is 0.0701. The Hall–Kier alpha value is -3.52. The minimum atomic E-state index is -0.871. The summed E-state index contributed by atoms with van der Waals surface area (Å²) in [5.41, 5.74) is 7.44. The lowest BCUT2D eigenvalue weighted by Gasteiger charge is -2.16. The van der Waals surface area contributed by atoms with Crippen LogP contribution < -0.4 is 5.73 Å². The van der Waals surface area contributed by atoms with Crippen molar-refractivity contribution in [3.05, 3.63) is 89.0 Å². The Labute approximate surface area is 152 Å². The van der Waals surface area contributed by atoms with Gasteiger partial charge in [0.15, 0.2) is 5.76 Å². The standard InChI is InChI=1S/C21H18N2O3/c1-2-25-20-18(24)17(14-9-5-3-6-10-14)16(13-22)21(23)26-19(20)15-11-7-4-8-12-15/h3-12,17H,2,23H2,1H3. The first-order valence-electron chi connectivity index (χ1n) is 8.26. The van der Waals surface area contributed by atoms with Crippen LogP contribution in [0.4, 0.5) is 0 Å². The molecule has 1 aliphatic heterocycles. The van der Waals surface area contributed by atoms with Gasteiger partial charge in [0.2, 0.25) is 17.4 Å². The third-order valence-corrected chi connectivity index (χ3v) is 4.04. The van der Waals surface area contributed by atoms with Gasteiger partial charge in [0.05, 0.1) is 12.5 Å². The molecule has 2 aromatic carbocycles. The molecule has 1 atom stereocenters. The highest BCUT2D eigenvalue weighted by atomic mass is 16.5. The molecule has 0 aromatic heterocycles. The third kappa shape index (κ3) is 3.17. The molecule has 5 nitrogen and oxygen atoms in total. The number of rotatable bonds is 4. The van der Waals surface area contributed by atoms with Crippen LogP contribution >= 0.6 is 0 Å². The molecular weight excluding hydrogens is 328 g/mol. The van der Waals surface area contributed by atoms with Crippen LogP contribution in [0.5, 0.6) is 0 Å². The Morgan fingerprint density at radius 1 is 1.12 bits per heavy atom. The lowest BCUT2D eigenvalue weighted by molar-refractivity contribution is -0.119. The summed E-state index contributed by atoms with van der Waals surface area (Å²) >= 11 is 0. The number of carbonyl (C=O) groups excluding carboxylic acids is 1. The topological polar surface area (TPSA) is 85.3 Å². The molecule has 130 valence electrons. The van der Waals surface area contributed by atoms with Gasteiger partial charge in [0.1, 0.15) is 11.6 Å². The highest BCUT2D eigenvalue weighted by Gasteiger charge is 2.37. The molecule has 0 fully saturated rings. The SMILES string of the molecule is CCOC1=C(c2ccccc2)OC(N)=C(C#N)C(c2ccccc2)C1=O.